The highest BCUT2D eigenvalue weighted by Crippen LogP contribution is 2.45. The van der Waals surface area contributed by atoms with Crippen LogP contribution in [0.3, 0.4) is 0 Å². The monoisotopic (exact) mass is 304 g/mol. The molecule has 1 aliphatic carbocycles. The molecule has 22 heavy (non-hydrogen) atoms. The molecule has 2 aliphatic rings. The first-order chi connectivity index (χ1) is 10.5. The molecule has 0 amide bonds. The van der Waals surface area contributed by atoms with Crippen molar-refractivity contribution < 1.29 is 5.11 Å². The van der Waals surface area contributed by atoms with Crippen molar-refractivity contribution in [2.45, 2.75) is 51.6 Å². The molecule has 1 aliphatic heterocycles. The van der Waals surface area contributed by atoms with Crippen LogP contribution in [0.1, 0.15) is 44.7 Å². The van der Waals surface area contributed by atoms with Gasteiger partial charge in [-0.15, -0.1) is 0 Å². The first kappa shape index (κ1) is 15.5. The fourth-order valence-electron chi connectivity index (χ4n) is 3.96. The maximum atomic E-state index is 10.4. The van der Waals surface area contributed by atoms with Gasteiger partial charge in [-0.1, -0.05) is 13.3 Å². The Morgan fingerprint density at radius 1 is 1.32 bits per heavy atom. The van der Waals surface area contributed by atoms with E-state index in [1.807, 2.05) is 19.0 Å². The average molecular weight is 304 g/mol. The molecule has 5 heteroatoms. The predicted molar refractivity (Wildman–Crippen MR) is 89.5 cm³/mol. The lowest BCUT2D eigenvalue weighted by Crippen LogP contribution is -2.47. The summed E-state index contributed by atoms with van der Waals surface area (Å²) in [5.41, 5.74) is 1.17. The van der Waals surface area contributed by atoms with E-state index >= 15 is 0 Å². The number of anilines is 2. The SMILES string of the molecule is CCc1cc(N2CCC[C@@]3(CCC[C@H]3O)C2)nc(N(C)C)n1. The Balaban J connectivity index is 1.88. The number of aliphatic hydroxyl groups excluding tert-OH is 1. The molecular weight excluding hydrogens is 276 g/mol. The molecule has 0 unspecified atom stereocenters. The van der Waals surface area contributed by atoms with Gasteiger partial charge in [0.05, 0.1) is 6.10 Å². The van der Waals surface area contributed by atoms with Gasteiger partial charge in [0.2, 0.25) is 5.95 Å². The van der Waals surface area contributed by atoms with Gasteiger partial charge in [-0.25, -0.2) is 4.98 Å². The molecule has 122 valence electrons. The smallest absolute Gasteiger partial charge is 0.227 e. The Morgan fingerprint density at radius 3 is 2.73 bits per heavy atom. The van der Waals surface area contributed by atoms with Crippen LogP contribution in [0.2, 0.25) is 0 Å². The molecule has 1 saturated carbocycles. The van der Waals surface area contributed by atoms with Crippen LogP contribution < -0.4 is 9.80 Å². The molecule has 0 bridgehead atoms. The number of hydrogen-bond acceptors (Lipinski definition) is 5. The molecule has 1 aromatic heterocycles. The van der Waals surface area contributed by atoms with Gasteiger partial charge in [0.25, 0.3) is 0 Å². The van der Waals surface area contributed by atoms with Gasteiger partial charge in [-0.3, -0.25) is 0 Å². The fraction of sp³-hybridized carbons (Fsp3) is 0.765. The molecule has 1 N–H and O–H groups in total. The van der Waals surface area contributed by atoms with Gasteiger partial charge < -0.3 is 14.9 Å². The second-order valence-corrected chi connectivity index (χ2v) is 7.06. The third-order valence-electron chi connectivity index (χ3n) is 5.31. The highest BCUT2D eigenvalue weighted by atomic mass is 16.3. The molecule has 2 fully saturated rings. The van der Waals surface area contributed by atoms with Crippen LogP contribution >= 0.6 is 0 Å². The summed E-state index contributed by atoms with van der Waals surface area (Å²) in [4.78, 5) is 13.7. The van der Waals surface area contributed by atoms with Crippen LogP contribution in [0, 0.1) is 5.41 Å². The molecule has 2 heterocycles. The quantitative estimate of drug-likeness (QED) is 0.928. The standard InChI is InChI=1S/C17H28N4O/c1-4-13-11-15(19-16(18-13)20(2)3)21-10-6-9-17(12-21)8-5-7-14(17)22/h11,14,22H,4-10,12H2,1-3H3/t14-,17+/m1/s1. The number of aromatic nitrogens is 2. The third-order valence-corrected chi connectivity index (χ3v) is 5.31. The van der Waals surface area contributed by atoms with Crippen LogP contribution in [-0.4, -0.2) is 48.4 Å². The molecular formula is C17H28N4O. The van der Waals surface area contributed by atoms with Gasteiger partial charge in [0.15, 0.2) is 0 Å². The van der Waals surface area contributed by atoms with Crippen LogP contribution in [0.25, 0.3) is 0 Å². The minimum absolute atomic E-state index is 0.0911. The zero-order valence-corrected chi connectivity index (χ0v) is 14.0. The number of piperidine rings is 1. The van der Waals surface area contributed by atoms with Crippen molar-refractivity contribution >= 4 is 11.8 Å². The largest absolute Gasteiger partial charge is 0.392 e. The maximum Gasteiger partial charge on any atom is 0.227 e. The van der Waals surface area contributed by atoms with E-state index < -0.39 is 0 Å². The zero-order chi connectivity index (χ0) is 15.7. The molecule has 3 rings (SSSR count). The Labute approximate surface area is 133 Å². The van der Waals surface area contributed by atoms with E-state index in [9.17, 15) is 5.11 Å². The highest BCUT2D eigenvalue weighted by Gasteiger charge is 2.45. The van der Waals surface area contributed by atoms with Crippen LogP contribution in [0.15, 0.2) is 6.07 Å². The van der Waals surface area contributed by atoms with E-state index in [1.165, 1.54) is 0 Å². The van der Waals surface area contributed by atoms with Crippen LogP contribution in [0.4, 0.5) is 11.8 Å². The van der Waals surface area contributed by atoms with Crippen molar-refractivity contribution in [2.24, 2.45) is 5.41 Å². The molecule has 5 nitrogen and oxygen atoms in total. The maximum absolute atomic E-state index is 10.4. The number of nitrogens with zero attached hydrogens (tertiary/aromatic N) is 4. The van der Waals surface area contributed by atoms with Crippen molar-refractivity contribution in [1.82, 2.24) is 9.97 Å². The summed E-state index contributed by atoms with van der Waals surface area (Å²) in [6, 6.07) is 2.12. The summed E-state index contributed by atoms with van der Waals surface area (Å²) in [7, 11) is 3.97. The molecule has 1 saturated heterocycles. The zero-order valence-electron chi connectivity index (χ0n) is 14.0. The Kier molecular flexibility index (Phi) is 4.26. The van der Waals surface area contributed by atoms with E-state index in [0.29, 0.717) is 0 Å². The van der Waals surface area contributed by atoms with Crippen molar-refractivity contribution in [1.29, 1.82) is 0 Å². The lowest BCUT2D eigenvalue weighted by atomic mass is 9.76. The minimum Gasteiger partial charge on any atom is -0.392 e. The Morgan fingerprint density at radius 2 is 2.09 bits per heavy atom. The van der Waals surface area contributed by atoms with Crippen molar-refractivity contribution in [3.05, 3.63) is 11.8 Å². The lowest BCUT2D eigenvalue weighted by Gasteiger charge is -2.43. The summed E-state index contributed by atoms with van der Waals surface area (Å²) in [5.74, 6) is 1.80. The first-order valence-electron chi connectivity index (χ1n) is 8.52. The number of rotatable bonds is 3. The molecule has 1 spiro atoms. The second-order valence-electron chi connectivity index (χ2n) is 7.06. The number of aryl methyl sites for hydroxylation is 1. The predicted octanol–water partition coefficient (Wildman–Crippen LogP) is 2.24. The fourth-order valence-corrected chi connectivity index (χ4v) is 3.96. The summed E-state index contributed by atoms with van der Waals surface area (Å²) >= 11 is 0. The van der Waals surface area contributed by atoms with Crippen LogP contribution in [0.5, 0.6) is 0 Å². The summed E-state index contributed by atoms with van der Waals surface area (Å²) in [5, 5.41) is 10.4. The van der Waals surface area contributed by atoms with Gasteiger partial charge in [0.1, 0.15) is 5.82 Å². The van der Waals surface area contributed by atoms with Gasteiger partial charge >= 0.3 is 0 Å². The molecule has 0 radical (unpaired) electrons. The van der Waals surface area contributed by atoms with Crippen LogP contribution in [-0.2, 0) is 6.42 Å². The molecule has 0 aromatic carbocycles. The molecule has 2 atom stereocenters. The van der Waals surface area contributed by atoms with E-state index in [-0.39, 0.29) is 11.5 Å². The average Bonchev–Trinajstić information content (AvgIpc) is 2.87. The summed E-state index contributed by atoms with van der Waals surface area (Å²) in [6.07, 6.45) is 6.32. The van der Waals surface area contributed by atoms with E-state index in [4.69, 9.17) is 4.98 Å². The van der Waals surface area contributed by atoms with E-state index in [1.54, 1.807) is 0 Å². The molecule has 1 aromatic rings. The van der Waals surface area contributed by atoms with Crippen molar-refractivity contribution in [3.8, 4) is 0 Å². The van der Waals surface area contributed by atoms with E-state index in [0.717, 1.165) is 69.1 Å². The lowest BCUT2D eigenvalue weighted by molar-refractivity contribution is 0.0408. The summed E-state index contributed by atoms with van der Waals surface area (Å²) in [6.45, 7) is 4.09. The number of aliphatic hydroxyl groups is 1. The second kappa shape index (κ2) is 6.03. The first-order valence-corrected chi connectivity index (χ1v) is 8.52. The summed E-state index contributed by atoms with van der Waals surface area (Å²) < 4.78 is 0. The van der Waals surface area contributed by atoms with Gasteiger partial charge in [-0.05, 0) is 32.1 Å². The van der Waals surface area contributed by atoms with Gasteiger partial charge in [0, 0.05) is 44.4 Å². The van der Waals surface area contributed by atoms with Gasteiger partial charge in [-0.2, -0.15) is 4.98 Å². The number of hydrogen-bond donors (Lipinski definition) is 1. The Bertz CT molecular complexity index is 533. The normalized spacial score (nSPS) is 28.4. The van der Waals surface area contributed by atoms with E-state index in [2.05, 4.69) is 22.9 Å². The minimum atomic E-state index is -0.142. The highest BCUT2D eigenvalue weighted by molar-refractivity contribution is 5.46. The third kappa shape index (κ3) is 2.78. The topological polar surface area (TPSA) is 52.5 Å². The Hall–Kier alpha value is -1.36. The van der Waals surface area contributed by atoms with Crippen molar-refractivity contribution in [3.63, 3.8) is 0 Å². The van der Waals surface area contributed by atoms with Crippen molar-refractivity contribution in [2.75, 3.05) is 37.0 Å².